The molecule has 0 aromatic carbocycles. The van der Waals surface area contributed by atoms with E-state index in [4.69, 9.17) is 11.6 Å². The van der Waals surface area contributed by atoms with Crippen molar-refractivity contribution in [3.63, 3.8) is 0 Å². The monoisotopic (exact) mass is 288 g/mol. The first-order chi connectivity index (χ1) is 9.33. The maximum atomic E-state index is 6.13. The van der Waals surface area contributed by atoms with Crippen molar-refractivity contribution in [3.05, 3.63) is 52.6 Å². The molecule has 0 aliphatic rings. The summed E-state index contributed by atoms with van der Waals surface area (Å²) in [6.45, 7) is 0. The molecule has 94 valence electrons. The van der Waals surface area contributed by atoms with Crippen LogP contribution in [0.5, 0.6) is 0 Å². The highest BCUT2D eigenvalue weighted by atomic mass is 35.5. The normalized spacial score (nSPS) is 10.4. The van der Waals surface area contributed by atoms with Crippen molar-refractivity contribution in [1.29, 1.82) is 0 Å². The van der Waals surface area contributed by atoms with Gasteiger partial charge in [-0.05, 0) is 23.6 Å². The lowest BCUT2D eigenvalue weighted by molar-refractivity contribution is 1.17. The Labute approximate surface area is 119 Å². The summed E-state index contributed by atoms with van der Waals surface area (Å²) in [6.07, 6.45) is 5.02. The molecule has 0 saturated carbocycles. The van der Waals surface area contributed by atoms with Crippen LogP contribution in [0.4, 0.5) is 11.6 Å². The summed E-state index contributed by atoms with van der Waals surface area (Å²) in [5.41, 5.74) is 2.55. The summed E-state index contributed by atoms with van der Waals surface area (Å²) in [5.74, 6) is 0.499. The molecule has 4 nitrogen and oxygen atoms in total. The summed E-state index contributed by atoms with van der Waals surface area (Å²) >= 11 is 7.73. The van der Waals surface area contributed by atoms with Crippen molar-refractivity contribution in [3.8, 4) is 11.3 Å². The lowest BCUT2D eigenvalue weighted by Crippen LogP contribution is -1.98. The van der Waals surface area contributed by atoms with Crippen molar-refractivity contribution in [2.75, 3.05) is 5.32 Å². The molecule has 0 amide bonds. The van der Waals surface area contributed by atoms with E-state index in [-0.39, 0.29) is 0 Å². The Hall–Kier alpha value is -1.98. The van der Waals surface area contributed by atoms with Gasteiger partial charge in [-0.3, -0.25) is 4.98 Å². The average Bonchev–Trinajstić information content (AvgIpc) is 2.96. The van der Waals surface area contributed by atoms with Crippen LogP contribution in [0.15, 0.2) is 47.5 Å². The molecular formula is C13H9ClN4S. The van der Waals surface area contributed by atoms with E-state index in [1.54, 1.807) is 29.9 Å². The lowest BCUT2D eigenvalue weighted by atomic mass is 10.2. The van der Waals surface area contributed by atoms with E-state index in [1.807, 2.05) is 29.0 Å². The summed E-state index contributed by atoms with van der Waals surface area (Å²) in [5, 5.41) is 7.62. The van der Waals surface area contributed by atoms with Crippen LogP contribution in [-0.2, 0) is 0 Å². The average molecular weight is 289 g/mol. The van der Waals surface area contributed by atoms with Crippen LogP contribution in [0.1, 0.15) is 0 Å². The number of pyridine rings is 1. The van der Waals surface area contributed by atoms with Gasteiger partial charge in [0, 0.05) is 17.1 Å². The Morgan fingerprint density at radius 3 is 2.89 bits per heavy atom. The molecule has 0 atom stereocenters. The van der Waals surface area contributed by atoms with Crippen molar-refractivity contribution in [1.82, 2.24) is 15.0 Å². The smallest absolute Gasteiger partial charge is 0.227 e. The van der Waals surface area contributed by atoms with Gasteiger partial charge < -0.3 is 5.32 Å². The van der Waals surface area contributed by atoms with Crippen molar-refractivity contribution in [2.45, 2.75) is 0 Å². The molecule has 3 aromatic rings. The number of anilines is 2. The largest absolute Gasteiger partial charge is 0.323 e. The molecule has 0 saturated heterocycles. The first kappa shape index (κ1) is 12.1. The number of thiophene rings is 1. The Bertz CT molecular complexity index is 670. The van der Waals surface area contributed by atoms with Crippen LogP contribution >= 0.6 is 22.9 Å². The number of rotatable bonds is 3. The Kier molecular flexibility index (Phi) is 3.39. The van der Waals surface area contributed by atoms with E-state index in [0.29, 0.717) is 11.0 Å². The van der Waals surface area contributed by atoms with Crippen molar-refractivity contribution in [2.24, 2.45) is 0 Å². The number of halogens is 1. The molecule has 0 fully saturated rings. The SMILES string of the molecule is Clc1cnc(Nc2cccnc2)nc1-c1ccsc1. The van der Waals surface area contributed by atoms with Crippen molar-refractivity contribution >= 4 is 34.6 Å². The summed E-state index contributed by atoms with van der Waals surface area (Å²) in [4.78, 5) is 12.6. The predicted molar refractivity (Wildman–Crippen MR) is 77.9 cm³/mol. The van der Waals surface area contributed by atoms with E-state index >= 15 is 0 Å². The Morgan fingerprint density at radius 2 is 2.16 bits per heavy atom. The maximum absolute atomic E-state index is 6.13. The van der Waals surface area contributed by atoms with Gasteiger partial charge in [-0.1, -0.05) is 11.6 Å². The number of aromatic nitrogens is 3. The zero-order valence-electron chi connectivity index (χ0n) is 9.75. The molecule has 6 heteroatoms. The third kappa shape index (κ3) is 2.72. The summed E-state index contributed by atoms with van der Waals surface area (Å²) in [6, 6.07) is 5.72. The number of hydrogen-bond acceptors (Lipinski definition) is 5. The minimum absolute atomic E-state index is 0.499. The molecule has 3 aromatic heterocycles. The van der Waals surface area contributed by atoms with Crippen LogP contribution < -0.4 is 5.32 Å². The topological polar surface area (TPSA) is 50.7 Å². The van der Waals surface area contributed by atoms with Gasteiger partial charge in [-0.15, -0.1) is 0 Å². The number of hydrogen-bond donors (Lipinski definition) is 1. The third-order valence-corrected chi connectivity index (χ3v) is 3.42. The fourth-order valence-electron chi connectivity index (χ4n) is 1.59. The maximum Gasteiger partial charge on any atom is 0.227 e. The van der Waals surface area contributed by atoms with Gasteiger partial charge in [0.2, 0.25) is 5.95 Å². The minimum atomic E-state index is 0.499. The Morgan fingerprint density at radius 1 is 1.21 bits per heavy atom. The molecule has 0 unspecified atom stereocenters. The third-order valence-electron chi connectivity index (χ3n) is 2.46. The van der Waals surface area contributed by atoms with E-state index in [9.17, 15) is 0 Å². The van der Waals surface area contributed by atoms with Crippen LogP contribution in [-0.4, -0.2) is 15.0 Å². The molecule has 0 spiro atoms. The highest BCUT2D eigenvalue weighted by Crippen LogP contribution is 2.28. The molecular weight excluding hydrogens is 280 g/mol. The van der Waals surface area contributed by atoms with E-state index < -0.39 is 0 Å². The highest BCUT2D eigenvalue weighted by Gasteiger charge is 2.08. The molecule has 0 bridgehead atoms. The molecule has 0 aliphatic carbocycles. The second kappa shape index (κ2) is 5.34. The van der Waals surface area contributed by atoms with Crippen LogP contribution in [0.3, 0.4) is 0 Å². The predicted octanol–water partition coefficient (Wildman–Crippen LogP) is 4.00. The zero-order valence-corrected chi connectivity index (χ0v) is 11.3. The first-order valence-electron chi connectivity index (χ1n) is 5.55. The van der Waals surface area contributed by atoms with Gasteiger partial charge in [0.25, 0.3) is 0 Å². The van der Waals surface area contributed by atoms with Gasteiger partial charge in [-0.25, -0.2) is 9.97 Å². The second-order valence-corrected chi connectivity index (χ2v) is 4.96. The zero-order chi connectivity index (χ0) is 13.1. The van der Waals surface area contributed by atoms with Crippen LogP contribution in [0, 0.1) is 0 Å². The Balaban J connectivity index is 1.94. The van der Waals surface area contributed by atoms with Gasteiger partial charge in [-0.2, -0.15) is 11.3 Å². The second-order valence-electron chi connectivity index (χ2n) is 3.77. The van der Waals surface area contributed by atoms with Gasteiger partial charge >= 0.3 is 0 Å². The quantitative estimate of drug-likeness (QED) is 0.791. The van der Waals surface area contributed by atoms with Gasteiger partial charge in [0.15, 0.2) is 0 Å². The molecule has 0 radical (unpaired) electrons. The van der Waals surface area contributed by atoms with E-state index in [1.165, 1.54) is 0 Å². The fraction of sp³-hybridized carbons (Fsp3) is 0. The van der Waals surface area contributed by atoms with Gasteiger partial charge in [0.1, 0.15) is 0 Å². The molecule has 1 N–H and O–H groups in total. The number of nitrogens with one attached hydrogen (secondary N) is 1. The van der Waals surface area contributed by atoms with Crippen LogP contribution in [0.2, 0.25) is 5.02 Å². The van der Waals surface area contributed by atoms with Crippen molar-refractivity contribution < 1.29 is 0 Å². The van der Waals surface area contributed by atoms with Crippen LogP contribution in [0.25, 0.3) is 11.3 Å². The summed E-state index contributed by atoms with van der Waals surface area (Å²) in [7, 11) is 0. The molecule has 3 heterocycles. The molecule has 19 heavy (non-hydrogen) atoms. The minimum Gasteiger partial charge on any atom is -0.323 e. The lowest BCUT2D eigenvalue weighted by Gasteiger charge is -2.06. The fourth-order valence-corrected chi connectivity index (χ4v) is 2.44. The number of nitrogens with zero attached hydrogens (tertiary/aromatic N) is 3. The summed E-state index contributed by atoms with van der Waals surface area (Å²) < 4.78 is 0. The first-order valence-corrected chi connectivity index (χ1v) is 6.87. The highest BCUT2D eigenvalue weighted by molar-refractivity contribution is 7.08. The standard InChI is InChI=1S/C13H9ClN4S/c14-11-7-16-13(17-10-2-1-4-15-6-10)18-12(11)9-3-5-19-8-9/h1-8H,(H,16,17,18). The molecule has 3 rings (SSSR count). The van der Waals surface area contributed by atoms with Gasteiger partial charge in [0.05, 0.1) is 28.8 Å². The van der Waals surface area contributed by atoms with E-state index in [2.05, 4.69) is 20.3 Å². The molecule has 0 aliphatic heterocycles. The van der Waals surface area contributed by atoms with E-state index in [0.717, 1.165) is 16.9 Å².